The Morgan fingerprint density at radius 1 is 1.03 bits per heavy atom. The minimum absolute atomic E-state index is 0.0481. The number of ether oxygens (including phenoxy) is 1. The van der Waals surface area contributed by atoms with E-state index in [4.69, 9.17) is 4.74 Å². The zero-order valence-corrected chi connectivity index (χ0v) is 16.9. The number of hydrogen-bond donors (Lipinski definition) is 1. The van der Waals surface area contributed by atoms with Gasteiger partial charge in [0, 0.05) is 12.2 Å². The van der Waals surface area contributed by atoms with E-state index in [2.05, 4.69) is 10.3 Å². The van der Waals surface area contributed by atoms with E-state index in [1.807, 2.05) is 36.4 Å². The van der Waals surface area contributed by atoms with Crippen LogP contribution < -0.4 is 10.9 Å². The topological polar surface area (TPSA) is 90.3 Å². The third-order valence-corrected chi connectivity index (χ3v) is 4.98. The van der Waals surface area contributed by atoms with Gasteiger partial charge in [0.1, 0.15) is 0 Å². The predicted octanol–water partition coefficient (Wildman–Crippen LogP) is 3.51. The van der Waals surface area contributed by atoms with E-state index < -0.39 is 18.0 Å². The van der Waals surface area contributed by atoms with Crippen molar-refractivity contribution in [3.63, 3.8) is 0 Å². The van der Waals surface area contributed by atoms with Gasteiger partial charge in [-0.1, -0.05) is 42.5 Å². The number of para-hydroxylation sites is 1. The smallest absolute Gasteiger partial charge is 0.308 e. The Morgan fingerprint density at radius 2 is 1.77 bits per heavy atom. The van der Waals surface area contributed by atoms with Crippen molar-refractivity contribution in [1.29, 1.82) is 0 Å². The zero-order valence-electron chi connectivity index (χ0n) is 16.9. The number of carbonyl (C=O) groups excluding carboxylic acids is 2. The van der Waals surface area contributed by atoms with Gasteiger partial charge >= 0.3 is 5.97 Å². The molecule has 1 unspecified atom stereocenters. The number of aromatic nitrogens is 2. The van der Waals surface area contributed by atoms with Crippen LogP contribution in [0.15, 0.2) is 77.9 Å². The lowest BCUT2D eigenvalue weighted by Gasteiger charge is -2.14. The van der Waals surface area contributed by atoms with E-state index in [0.717, 1.165) is 10.8 Å². The van der Waals surface area contributed by atoms with Crippen molar-refractivity contribution < 1.29 is 14.3 Å². The van der Waals surface area contributed by atoms with Crippen LogP contribution in [-0.2, 0) is 20.9 Å². The number of rotatable bonds is 6. The Morgan fingerprint density at radius 3 is 2.61 bits per heavy atom. The Bertz CT molecular complexity index is 1330. The summed E-state index contributed by atoms with van der Waals surface area (Å²) in [6.45, 7) is 1.63. The molecule has 1 heterocycles. The van der Waals surface area contributed by atoms with Gasteiger partial charge in [0.25, 0.3) is 11.5 Å². The monoisotopic (exact) mass is 415 g/mol. The summed E-state index contributed by atoms with van der Waals surface area (Å²) in [5.41, 5.74) is 1.01. The van der Waals surface area contributed by atoms with Gasteiger partial charge < -0.3 is 10.1 Å². The second-order valence-electron chi connectivity index (χ2n) is 7.19. The lowest BCUT2D eigenvalue weighted by atomic mass is 10.1. The fourth-order valence-electron chi connectivity index (χ4n) is 3.30. The maximum Gasteiger partial charge on any atom is 0.308 e. The SMILES string of the molecule is CC(OC(=O)CCn1cnc2ccccc2c1=O)C(=O)Nc1ccc2ccccc2c1. The molecule has 1 N–H and O–H groups in total. The predicted molar refractivity (Wildman–Crippen MR) is 119 cm³/mol. The lowest BCUT2D eigenvalue weighted by molar-refractivity contribution is -0.153. The lowest BCUT2D eigenvalue weighted by Crippen LogP contribution is -2.30. The van der Waals surface area contributed by atoms with Crippen molar-refractivity contribution >= 4 is 39.2 Å². The summed E-state index contributed by atoms with van der Waals surface area (Å²) < 4.78 is 6.60. The van der Waals surface area contributed by atoms with E-state index >= 15 is 0 Å². The fourth-order valence-corrected chi connectivity index (χ4v) is 3.30. The highest BCUT2D eigenvalue weighted by molar-refractivity contribution is 5.97. The van der Waals surface area contributed by atoms with E-state index in [0.29, 0.717) is 16.6 Å². The summed E-state index contributed by atoms with van der Waals surface area (Å²) in [5, 5.41) is 5.32. The van der Waals surface area contributed by atoms with Gasteiger partial charge in [0.05, 0.1) is 23.7 Å². The van der Waals surface area contributed by atoms with Gasteiger partial charge in [-0.25, -0.2) is 4.98 Å². The van der Waals surface area contributed by atoms with Crippen LogP contribution in [-0.4, -0.2) is 27.5 Å². The number of benzene rings is 3. The van der Waals surface area contributed by atoms with Gasteiger partial charge in [0.15, 0.2) is 6.10 Å². The Labute approximate surface area is 178 Å². The highest BCUT2D eigenvalue weighted by Crippen LogP contribution is 2.19. The van der Waals surface area contributed by atoms with Crippen LogP contribution in [0, 0.1) is 0 Å². The number of anilines is 1. The Hall–Kier alpha value is -4.00. The van der Waals surface area contributed by atoms with E-state index in [1.54, 1.807) is 30.3 Å². The van der Waals surface area contributed by atoms with Gasteiger partial charge in [-0.15, -0.1) is 0 Å². The number of nitrogens with one attached hydrogen (secondary N) is 1. The van der Waals surface area contributed by atoms with Crippen LogP contribution in [0.25, 0.3) is 21.7 Å². The molecule has 1 amide bonds. The van der Waals surface area contributed by atoms with Crippen molar-refractivity contribution in [2.24, 2.45) is 0 Å². The first-order valence-electron chi connectivity index (χ1n) is 9.94. The Kier molecular flexibility index (Phi) is 5.75. The van der Waals surface area contributed by atoms with Gasteiger partial charge in [-0.2, -0.15) is 0 Å². The summed E-state index contributed by atoms with van der Waals surface area (Å²) in [4.78, 5) is 41.3. The van der Waals surface area contributed by atoms with Crippen molar-refractivity contribution in [1.82, 2.24) is 9.55 Å². The van der Waals surface area contributed by atoms with Crippen molar-refractivity contribution in [3.05, 3.63) is 83.4 Å². The molecule has 0 bridgehead atoms. The number of carbonyl (C=O) groups is 2. The molecule has 7 heteroatoms. The molecule has 1 aromatic heterocycles. The van der Waals surface area contributed by atoms with Gasteiger partial charge in [-0.05, 0) is 42.0 Å². The quantitative estimate of drug-likeness (QED) is 0.487. The molecule has 4 aromatic rings. The number of hydrogen-bond acceptors (Lipinski definition) is 5. The molecule has 156 valence electrons. The second kappa shape index (κ2) is 8.79. The largest absolute Gasteiger partial charge is 0.452 e. The molecule has 0 saturated heterocycles. The third kappa shape index (κ3) is 4.61. The summed E-state index contributed by atoms with van der Waals surface area (Å²) in [7, 11) is 0. The minimum Gasteiger partial charge on any atom is -0.452 e. The molecule has 4 rings (SSSR count). The zero-order chi connectivity index (χ0) is 21.8. The van der Waals surface area contributed by atoms with Crippen LogP contribution in [0.1, 0.15) is 13.3 Å². The molecule has 0 aliphatic rings. The van der Waals surface area contributed by atoms with Crippen LogP contribution in [0.2, 0.25) is 0 Å². The van der Waals surface area contributed by atoms with Gasteiger partial charge in [0.2, 0.25) is 0 Å². The molecule has 1 atom stereocenters. The fraction of sp³-hybridized carbons (Fsp3) is 0.167. The molecule has 0 aliphatic heterocycles. The standard InChI is InChI=1S/C24H21N3O4/c1-16(23(29)26-19-11-10-17-6-2-3-7-18(17)14-19)31-22(28)12-13-27-15-25-21-9-5-4-8-20(21)24(27)30/h2-11,14-16H,12-13H2,1H3,(H,26,29). The molecule has 0 radical (unpaired) electrons. The highest BCUT2D eigenvalue weighted by Gasteiger charge is 2.18. The summed E-state index contributed by atoms with van der Waals surface area (Å²) in [5.74, 6) is -0.991. The van der Waals surface area contributed by atoms with Crippen LogP contribution >= 0.6 is 0 Å². The Balaban J connectivity index is 1.34. The molecule has 0 saturated carbocycles. The maximum atomic E-state index is 12.5. The summed E-state index contributed by atoms with van der Waals surface area (Å²) in [6.07, 6.45) is 0.395. The number of fused-ring (bicyclic) bond motifs is 2. The van der Waals surface area contributed by atoms with E-state index in [9.17, 15) is 14.4 Å². The average molecular weight is 415 g/mol. The molecular weight excluding hydrogens is 394 g/mol. The number of amides is 1. The molecule has 0 aliphatic carbocycles. The van der Waals surface area contributed by atoms with Crippen LogP contribution in [0.5, 0.6) is 0 Å². The number of aryl methyl sites for hydroxylation is 1. The molecule has 31 heavy (non-hydrogen) atoms. The van der Waals surface area contributed by atoms with Gasteiger partial charge in [-0.3, -0.25) is 19.0 Å². The maximum absolute atomic E-state index is 12.5. The second-order valence-corrected chi connectivity index (χ2v) is 7.19. The van der Waals surface area contributed by atoms with Crippen molar-refractivity contribution in [2.45, 2.75) is 26.0 Å². The van der Waals surface area contributed by atoms with Crippen LogP contribution in [0.3, 0.4) is 0 Å². The van der Waals surface area contributed by atoms with Crippen LogP contribution in [0.4, 0.5) is 5.69 Å². The molecule has 3 aromatic carbocycles. The third-order valence-electron chi connectivity index (χ3n) is 4.98. The molecule has 0 spiro atoms. The summed E-state index contributed by atoms with van der Waals surface area (Å²) in [6, 6.07) is 20.4. The average Bonchev–Trinajstić information content (AvgIpc) is 2.78. The first kappa shape index (κ1) is 20.3. The van der Waals surface area contributed by atoms with E-state index in [1.165, 1.54) is 17.8 Å². The van der Waals surface area contributed by atoms with Crippen molar-refractivity contribution in [3.8, 4) is 0 Å². The normalized spacial score (nSPS) is 11.9. The number of nitrogens with zero attached hydrogens (tertiary/aromatic N) is 2. The first-order valence-corrected chi connectivity index (χ1v) is 9.94. The molecule has 7 nitrogen and oxygen atoms in total. The van der Waals surface area contributed by atoms with E-state index in [-0.39, 0.29) is 18.5 Å². The number of esters is 1. The molecular formula is C24H21N3O4. The minimum atomic E-state index is -0.967. The highest BCUT2D eigenvalue weighted by atomic mass is 16.5. The van der Waals surface area contributed by atoms with Crippen molar-refractivity contribution in [2.75, 3.05) is 5.32 Å². The molecule has 0 fully saturated rings. The first-order chi connectivity index (χ1) is 15.0. The summed E-state index contributed by atoms with van der Waals surface area (Å²) >= 11 is 0.